The maximum atomic E-state index is 12.1. The Morgan fingerprint density at radius 3 is 2.62 bits per heavy atom. The molecule has 0 radical (unpaired) electrons. The third kappa shape index (κ3) is 4.53. The number of pyridine rings is 1. The predicted octanol–water partition coefficient (Wildman–Crippen LogP) is 0.546. The van der Waals surface area contributed by atoms with Crippen molar-refractivity contribution in [2.75, 3.05) is 5.75 Å². The van der Waals surface area contributed by atoms with E-state index >= 15 is 0 Å². The van der Waals surface area contributed by atoms with Crippen molar-refractivity contribution in [3.63, 3.8) is 0 Å². The molecule has 1 aromatic carbocycles. The molecule has 8 heteroatoms. The summed E-state index contributed by atoms with van der Waals surface area (Å²) in [6.45, 7) is 0.407. The number of aliphatic hydroxyl groups excluding tert-OH is 3. The van der Waals surface area contributed by atoms with Gasteiger partial charge in [-0.25, -0.2) is 4.98 Å². The number of hydrogen-bond acceptors (Lipinski definition) is 7. The van der Waals surface area contributed by atoms with Crippen molar-refractivity contribution >= 4 is 17.7 Å². The number of aliphatic hydroxyl groups is 3. The molecule has 0 spiro atoms. The second-order valence-corrected chi connectivity index (χ2v) is 7.05. The van der Waals surface area contributed by atoms with Gasteiger partial charge in [0.2, 0.25) is 0 Å². The van der Waals surface area contributed by atoms with Crippen molar-refractivity contribution in [3.05, 3.63) is 59.9 Å². The molecule has 4 atom stereocenters. The molecular formula is C18H20N2O5S. The zero-order valence-electron chi connectivity index (χ0n) is 13.9. The van der Waals surface area contributed by atoms with Crippen molar-refractivity contribution in [1.29, 1.82) is 0 Å². The van der Waals surface area contributed by atoms with E-state index in [1.54, 1.807) is 6.07 Å². The standard InChI is InChI=1S/C18H20N2O5S/c21-14-10-26-18(16(23)15(14)22)25-12-6-7-13(19-9-12)17(24)20-8-11-4-2-1-3-5-11/h1-7,9,14-16,18,21-23H,8,10H2,(H,20,24)/t14-,15+,16-,18+/m1/s1. The van der Waals surface area contributed by atoms with E-state index in [9.17, 15) is 20.1 Å². The highest BCUT2D eigenvalue weighted by Crippen LogP contribution is 2.28. The van der Waals surface area contributed by atoms with Crippen LogP contribution in [0.4, 0.5) is 0 Å². The van der Waals surface area contributed by atoms with Crippen LogP contribution >= 0.6 is 11.8 Å². The normalized spacial score (nSPS) is 25.5. The van der Waals surface area contributed by atoms with Crippen LogP contribution in [0.5, 0.6) is 5.75 Å². The highest BCUT2D eigenvalue weighted by molar-refractivity contribution is 7.99. The number of hydrogen-bond donors (Lipinski definition) is 4. The van der Waals surface area contributed by atoms with E-state index in [0.717, 1.165) is 5.56 Å². The molecule has 1 aliphatic rings. The summed E-state index contributed by atoms with van der Waals surface area (Å²) in [4.78, 5) is 16.2. The Morgan fingerprint density at radius 1 is 1.15 bits per heavy atom. The van der Waals surface area contributed by atoms with Crippen LogP contribution in [0.2, 0.25) is 0 Å². The zero-order valence-corrected chi connectivity index (χ0v) is 14.7. The fourth-order valence-corrected chi connectivity index (χ4v) is 3.59. The summed E-state index contributed by atoms with van der Waals surface area (Å²) in [6, 6.07) is 12.7. The SMILES string of the molecule is O=C(NCc1ccccc1)c1ccc(O[C@H]2SC[C@@H](O)[C@H](O)[C@H]2O)cn1. The first kappa shape index (κ1) is 18.7. The first-order valence-electron chi connectivity index (χ1n) is 8.15. The lowest BCUT2D eigenvalue weighted by atomic mass is 10.1. The second-order valence-electron chi connectivity index (χ2n) is 5.92. The van der Waals surface area contributed by atoms with Gasteiger partial charge in [-0.2, -0.15) is 0 Å². The molecule has 26 heavy (non-hydrogen) atoms. The van der Waals surface area contributed by atoms with E-state index in [1.807, 2.05) is 30.3 Å². The first-order valence-corrected chi connectivity index (χ1v) is 9.20. The largest absolute Gasteiger partial charge is 0.475 e. The number of carbonyl (C=O) groups excluding carboxylic acids is 1. The molecule has 2 aromatic rings. The number of rotatable bonds is 5. The fraction of sp³-hybridized carbons (Fsp3) is 0.333. The molecule has 2 heterocycles. The Balaban J connectivity index is 1.55. The molecule has 138 valence electrons. The summed E-state index contributed by atoms with van der Waals surface area (Å²) in [6.07, 6.45) is -2.05. The van der Waals surface area contributed by atoms with E-state index in [-0.39, 0.29) is 17.4 Å². The van der Waals surface area contributed by atoms with E-state index < -0.39 is 23.7 Å². The summed E-state index contributed by atoms with van der Waals surface area (Å²) in [5.41, 5.74) is 0.526. The maximum absolute atomic E-state index is 12.1. The average molecular weight is 376 g/mol. The van der Waals surface area contributed by atoms with Crippen molar-refractivity contribution < 1.29 is 24.9 Å². The molecule has 3 rings (SSSR count). The molecule has 0 saturated carbocycles. The van der Waals surface area contributed by atoms with Gasteiger partial charge in [0, 0.05) is 12.3 Å². The summed E-state index contributed by atoms with van der Waals surface area (Å²) >= 11 is 1.20. The second kappa shape index (κ2) is 8.50. The minimum Gasteiger partial charge on any atom is -0.475 e. The molecule has 0 unspecified atom stereocenters. The Hall–Kier alpha value is -2.13. The van der Waals surface area contributed by atoms with Gasteiger partial charge in [0.05, 0.1) is 12.3 Å². The quantitative estimate of drug-likeness (QED) is 0.603. The van der Waals surface area contributed by atoms with Crippen LogP contribution < -0.4 is 10.1 Å². The molecule has 1 aromatic heterocycles. The minimum absolute atomic E-state index is 0.251. The lowest BCUT2D eigenvalue weighted by Crippen LogP contribution is -2.50. The molecule has 7 nitrogen and oxygen atoms in total. The number of nitrogens with one attached hydrogen (secondary N) is 1. The van der Waals surface area contributed by atoms with Crippen LogP contribution in [0.15, 0.2) is 48.7 Å². The van der Waals surface area contributed by atoms with Crippen LogP contribution in [-0.2, 0) is 6.54 Å². The molecule has 1 saturated heterocycles. The van der Waals surface area contributed by atoms with Gasteiger partial charge in [-0.1, -0.05) is 30.3 Å². The van der Waals surface area contributed by atoms with Crippen LogP contribution in [0.1, 0.15) is 16.1 Å². The minimum atomic E-state index is -1.25. The number of carbonyl (C=O) groups is 1. The monoisotopic (exact) mass is 376 g/mol. The molecular weight excluding hydrogens is 356 g/mol. The van der Waals surface area contributed by atoms with Crippen molar-refractivity contribution in [2.24, 2.45) is 0 Å². The molecule has 0 bridgehead atoms. The van der Waals surface area contributed by atoms with Gasteiger partial charge in [-0.05, 0) is 17.7 Å². The van der Waals surface area contributed by atoms with Gasteiger partial charge in [0.1, 0.15) is 23.7 Å². The number of benzene rings is 1. The van der Waals surface area contributed by atoms with Crippen molar-refractivity contribution in [1.82, 2.24) is 10.3 Å². The Bertz CT molecular complexity index is 728. The van der Waals surface area contributed by atoms with E-state index in [4.69, 9.17) is 4.74 Å². The molecule has 0 aliphatic carbocycles. The topological polar surface area (TPSA) is 112 Å². The van der Waals surface area contributed by atoms with Gasteiger partial charge < -0.3 is 25.4 Å². The van der Waals surface area contributed by atoms with Gasteiger partial charge in [0.15, 0.2) is 5.44 Å². The van der Waals surface area contributed by atoms with Gasteiger partial charge in [-0.15, -0.1) is 11.8 Å². The number of thioether (sulfide) groups is 1. The molecule has 1 aliphatic heterocycles. The number of ether oxygens (including phenoxy) is 1. The van der Waals surface area contributed by atoms with Crippen LogP contribution in [0.3, 0.4) is 0 Å². The molecule has 4 N–H and O–H groups in total. The Kier molecular flexibility index (Phi) is 6.10. The van der Waals surface area contributed by atoms with E-state index in [0.29, 0.717) is 12.3 Å². The third-order valence-electron chi connectivity index (χ3n) is 3.97. The van der Waals surface area contributed by atoms with Crippen molar-refractivity contribution in [2.45, 2.75) is 30.3 Å². The lowest BCUT2D eigenvalue weighted by molar-refractivity contribution is -0.0786. The van der Waals surface area contributed by atoms with Gasteiger partial charge in [-0.3, -0.25) is 4.79 Å². The van der Waals surface area contributed by atoms with Crippen LogP contribution in [0.25, 0.3) is 0 Å². The Morgan fingerprint density at radius 2 is 1.92 bits per heavy atom. The third-order valence-corrected chi connectivity index (χ3v) is 5.21. The summed E-state index contributed by atoms with van der Waals surface area (Å²) < 4.78 is 5.60. The Labute approximate surface area is 155 Å². The van der Waals surface area contributed by atoms with Crippen LogP contribution in [0, 0.1) is 0 Å². The summed E-state index contributed by atoms with van der Waals surface area (Å²) in [7, 11) is 0. The molecule has 1 fully saturated rings. The zero-order chi connectivity index (χ0) is 18.5. The van der Waals surface area contributed by atoms with Crippen molar-refractivity contribution in [3.8, 4) is 5.75 Å². The maximum Gasteiger partial charge on any atom is 0.270 e. The summed E-state index contributed by atoms with van der Waals surface area (Å²) in [5, 5.41) is 32.0. The van der Waals surface area contributed by atoms with Crippen LogP contribution in [-0.4, -0.2) is 55.7 Å². The van der Waals surface area contributed by atoms with E-state index in [1.165, 1.54) is 24.0 Å². The highest BCUT2D eigenvalue weighted by Gasteiger charge is 2.38. The van der Waals surface area contributed by atoms with Gasteiger partial charge >= 0.3 is 0 Å². The van der Waals surface area contributed by atoms with E-state index in [2.05, 4.69) is 10.3 Å². The number of aromatic nitrogens is 1. The molecule has 1 amide bonds. The number of nitrogens with zero attached hydrogens (tertiary/aromatic N) is 1. The summed E-state index contributed by atoms with van der Waals surface area (Å²) in [5.74, 6) is 0.326. The fourth-order valence-electron chi connectivity index (χ4n) is 2.47. The first-order chi connectivity index (χ1) is 12.5. The predicted molar refractivity (Wildman–Crippen MR) is 96.7 cm³/mol. The smallest absolute Gasteiger partial charge is 0.270 e. The average Bonchev–Trinajstić information content (AvgIpc) is 2.68. The highest BCUT2D eigenvalue weighted by atomic mass is 32.2. The lowest BCUT2D eigenvalue weighted by Gasteiger charge is -2.34. The number of amides is 1. The van der Waals surface area contributed by atoms with Gasteiger partial charge in [0.25, 0.3) is 5.91 Å².